The van der Waals surface area contributed by atoms with Crippen molar-refractivity contribution in [3.05, 3.63) is 54.1 Å². The Morgan fingerprint density at radius 1 is 1.04 bits per heavy atom. The molecule has 0 amide bonds. The van der Waals surface area contributed by atoms with Gasteiger partial charge >= 0.3 is 0 Å². The van der Waals surface area contributed by atoms with Crippen molar-refractivity contribution in [2.75, 3.05) is 23.2 Å². The highest BCUT2D eigenvalue weighted by molar-refractivity contribution is 7.92. The average molecular weight is 398 g/mol. The van der Waals surface area contributed by atoms with Crippen molar-refractivity contribution < 1.29 is 13.2 Å². The molecule has 146 valence electrons. The van der Waals surface area contributed by atoms with Crippen molar-refractivity contribution in [3.8, 4) is 0 Å². The number of para-hydroxylation sites is 2. The minimum atomic E-state index is -3.78. The van der Waals surface area contributed by atoms with Gasteiger partial charge in [0.25, 0.3) is 10.0 Å². The van der Waals surface area contributed by atoms with Crippen LogP contribution < -0.4 is 10.0 Å². The molecule has 2 aromatic carbocycles. The van der Waals surface area contributed by atoms with Crippen LogP contribution in [0.25, 0.3) is 11.0 Å². The number of anilines is 2. The Balaban J connectivity index is 1.67. The van der Waals surface area contributed by atoms with Crippen molar-refractivity contribution in [1.29, 1.82) is 0 Å². The summed E-state index contributed by atoms with van der Waals surface area (Å²) in [5, 5.41) is 3.20. The predicted octanol–water partition coefficient (Wildman–Crippen LogP) is 3.33. The minimum absolute atomic E-state index is 0.0924. The Morgan fingerprint density at radius 2 is 1.71 bits per heavy atom. The number of sulfonamides is 1. The molecule has 0 spiro atoms. The second-order valence-corrected chi connectivity index (χ2v) is 8.53. The third kappa shape index (κ3) is 4.07. The van der Waals surface area contributed by atoms with Gasteiger partial charge in [0.1, 0.15) is 0 Å². The largest absolute Gasteiger partial charge is 0.376 e. The van der Waals surface area contributed by atoms with Gasteiger partial charge in [0.05, 0.1) is 22.0 Å². The number of rotatable bonds is 6. The van der Waals surface area contributed by atoms with Crippen LogP contribution in [0.4, 0.5) is 11.6 Å². The van der Waals surface area contributed by atoms with Gasteiger partial charge in [-0.25, -0.2) is 18.4 Å². The molecule has 1 atom stereocenters. The van der Waals surface area contributed by atoms with Crippen molar-refractivity contribution in [1.82, 2.24) is 9.97 Å². The molecule has 8 heteroatoms. The monoisotopic (exact) mass is 398 g/mol. The van der Waals surface area contributed by atoms with E-state index in [1.807, 2.05) is 25.1 Å². The van der Waals surface area contributed by atoms with Crippen LogP contribution in [0.2, 0.25) is 0 Å². The van der Waals surface area contributed by atoms with Gasteiger partial charge in [0.15, 0.2) is 11.6 Å². The molecule has 1 aliphatic rings. The lowest BCUT2D eigenvalue weighted by Gasteiger charge is -2.16. The third-order valence-corrected chi connectivity index (χ3v) is 6.01. The number of ether oxygens (including phenoxy) is 1. The third-order valence-electron chi connectivity index (χ3n) is 4.65. The van der Waals surface area contributed by atoms with Crippen LogP contribution >= 0.6 is 0 Å². The molecule has 1 fully saturated rings. The molecule has 1 aliphatic heterocycles. The Kier molecular flexibility index (Phi) is 5.15. The Morgan fingerprint density at radius 3 is 2.36 bits per heavy atom. The maximum atomic E-state index is 12.8. The van der Waals surface area contributed by atoms with Crippen molar-refractivity contribution in [3.63, 3.8) is 0 Å². The zero-order chi connectivity index (χ0) is 19.6. The lowest BCUT2D eigenvalue weighted by atomic mass is 10.2. The molecule has 2 N–H and O–H groups in total. The first kappa shape index (κ1) is 18.6. The van der Waals surface area contributed by atoms with Crippen LogP contribution in [0.5, 0.6) is 0 Å². The van der Waals surface area contributed by atoms with E-state index in [9.17, 15) is 8.42 Å². The van der Waals surface area contributed by atoms with Crippen LogP contribution in [0.15, 0.2) is 53.4 Å². The van der Waals surface area contributed by atoms with Gasteiger partial charge in [0, 0.05) is 13.2 Å². The number of nitrogens with one attached hydrogen (secondary N) is 2. The van der Waals surface area contributed by atoms with E-state index in [2.05, 4.69) is 20.0 Å². The fraction of sp³-hybridized carbons (Fsp3) is 0.300. The smallest absolute Gasteiger partial charge is 0.263 e. The predicted molar refractivity (Wildman–Crippen MR) is 109 cm³/mol. The molecule has 2 heterocycles. The van der Waals surface area contributed by atoms with Gasteiger partial charge in [-0.1, -0.05) is 29.8 Å². The molecule has 1 saturated heterocycles. The Hall–Kier alpha value is -2.71. The molecule has 0 unspecified atom stereocenters. The van der Waals surface area contributed by atoms with Crippen molar-refractivity contribution in [2.24, 2.45) is 0 Å². The average Bonchev–Trinajstić information content (AvgIpc) is 3.20. The van der Waals surface area contributed by atoms with Gasteiger partial charge in [-0.2, -0.15) is 0 Å². The molecule has 0 saturated carbocycles. The normalized spacial score (nSPS) is 17.0. The molecule has 7 nitrogen and oxygen atoms in total. The number of hydrogen-bond donors (Lipinski definition) is 2. The zero-order valence-corrected chi connectivity index (χ0v) is 16.4. The van der Waals surface area contributed by atoms with Crippen LogP contribution in [0, 0.1) is 6.92 Å². The fourth-order valence-electron chi connectivity index (χ4n) is 3.11. The molecule has 0 radical (unpaired) electrons. The summed E-state index contributed by atoms with van der Waals surface area (Å²) >= 11 is 0. The highest BCUT2D eigenvalue weighted by Gasteiger charge is 2.20. The minimum Gasteiger partial charge on any atom is -0.376 e. The molecule has 1 aromatic heterocycles. The first-order valence-corrected chi connectivity index (χ1v) is 10.7. The van der Waals surface area contributed by atoms with E-state index in [1.54, 1.807) is 30.3 Å². The van der Waals surface area contributed by atoms with Crippen molar-refractivity contribution >= 4 is 32.7 Å². The van der Waals surface area contributed by atoms with Gasteiger partial charge < -0.3 is 10.1 Å². The fourth-order valence-corrected chi connectivity index (χ4v) is 4.12. The molecule has 28 heavy (non-hydrogen) atoms. The van der Waals surface area contributed by atoms with Gasteiger partial charge in [-0.3, -0.25) is 4.72 Å². The number of aromatic nitrogens is 2. The van der Waals surface area contributed by atoms with Crippen LogP contribution in [0.1, 0.15) is 18.4 Å². The second kappa shape index (κ2) is 7.73. The summed E-state index contributed by atoms with van der Waals surface area (Å²) in [4.78, 5) is 9.24. The highest BCUT2D eigenvalue weighted by Crippen LogP contribution is 2.25. The lowest BCUT2D eigenvalue weighted by molar-refractivity contribution is 0.120. The van der Waals surface area contributed by atoms with E-state index >= 15 is 0 Å². The standard InChI is InChI=1S/C20H22N4O3S/c1-14-8-10-16(11-9-14)28(25,26)24-20-19(21-13-15-5-4-12-27-15)22-17-6-2-3-7-18(17)23-20/h2-3,6-11,15H,4-5,12-13H2,1H3,(H,21,22)(H,23,24)/t15-/m1/s1. The van der Waals surface area contributed by atoms with E-state index in [0.717, 1.165) is 25.0 Å². The summed E-state index contributed by atoms with van der Waals surface area (Å²) in [5.74, 6) is 0.571. The number of fused-ring (bicyclic) bond motifs is 1. The second-order valence-electron chi connectivity index (χ2n) is 6.84. The molecule has 0 aliphatic carbocycles. The van der Waals surface area contributed by atoms with E-state index in [-0.39, 0.29) is 16.8 Å². The first-order valence-electron chi connectivity index (χ1n) is 9.23. The van der Waals surface area contributed by atoms with E-state index in [0.29, 0.717) is 23.4 Å². The molecule has 0 bridgehead atoms. The van der Waals surface area contributed by atoms with Crippen LogP contribution in [0.3, 0.4) is 0 Å². The summed E-state index contributed by atoms with van der Waals surface area (Å²) < 4.78 is 33.9. The summed E-state index contributed by atoms with van der Waals surface area (Å²) in [6.07, 6.45) is 2.09. The number of nitrogens with zero attached hydrogens (tertiary/aromatic N) is 2. The lowest BCUT2D eigenvalue weighted by Crippen LogP contribution is -2.21. The van der Waals surface area contributed by atoms with E-state index < -0.39 is 10.0 Å². The molecular weight excluding hydrogens is 376 g/mol. The van der Waals surface area contributed by atoms with Crippen LogP contribution in [-0.4, -0.2) is 37.6 Å². The number of benzene rings is 2. The molecule has 4 rings (SSSR count). The van der Waals surface area contributed by atoms with Crippen LogP contribution in [-0.2, 0) is 14.8 Å². The highest BCUT2D eigenvalue weighted by atomic mass is 32.2. The number of hydrogen-bond acceptors (Lipinski definition) is 6. The maximum absolute atomic E-state index is 12.8. The SMILES string of the molecule is Cc1ccc(S(=O)(=O)Nc2nc3ccccc3nc2NC[C@H]2CCCO2)cc1. The van der Waals surface area contributed by atoms with E-state index in [4.69, 9.17) is 4.74 Å². The number of aryl methyl sites for hydroxylation is 1. The molecular formula is C20H22N4O3S. The topological polar surface area (TPSA) is 93.2 Å². The summed E-state index contributed by atoms with van der Waals surface area (Å²) in [5.41, 5.74) is 2.30. The summed E-state index contributed by atoms with van der Waals surface area (Å²) in [6, 6.07) is 14.0. The van der Waals surface area contributed by atoms with Gasteiger partial charge in [0.2, 0.25) is 0 Å². The first-order chi connectivity index (χ1) is 13.5. The quantitative estimate of drug-likeness (QED) is 0.662. The summed E-state index contributed by atoms with van der Waals surface area (Å²) in [6.45, 7) is 3.21. The Bertz CT molecular complexity index is 1080. The van der Waals surface area contributed by atoms with Crippen molar-refractivity contribution in [2.45, 2.75) is 30.8 Å². The van der Waals surface area contributed by atoms with Gasteiger partial charge in [-0.05, 0) is 44.0 Å². The zero-order valence-electron chi connectivity index (χ0n) is 15.6. The van der Waals surface area contributed by atoms with E-state index in [1.165, 1.54) is 0 Å². The Labute approximate surface area is 164 Å². The van der Waals surface area contributed by atoms with Gasteiger partial charge in [-0.15, -0.1) is 0 Å². The molecule has 3 aromatic rings. The summed E-state index contributed by atoms with van der Waals surface area (Å²) in [7, 11) is -3.78. The maximum Gasteiger partial charge on any atom is 0.263 e.